The molecular formula is C16H23F3O4. The summed E-state index contributed by atoms with van der Waals surface area (Å²) in [4.78, 5) is 11.4. The van der Waals surface area contributed by atoms with Crippen LogP contribution in [-0.4, -0.2) is 41.7 Å². The van der Waals surface area contributed by atoms with Gasteiger partial charge in [-0.05, 0) is 52.9 Å². The number of epoxide rings is 2. The minimum absolute atomic E-state index is 0.0138. The predicted molar refractivity (Wildman–Crippen MR) is 74.7 cm³/mol. The number of alkyl halides is 3. The van der Waals surface area contributed by atoms with E-state index in [2.05, 4.69) is 0 Å². The molecule has 3 fully saturated rings. The number of carbonyl (C=O) groups is 1. The highest BCUT2D eigenvalue weighted by Gasteiger charge is 2.54. The molecular weight excluding hydrogens is 313 g/mol. The minimum Gasteiger partial charge on any atom is -0.452 e. The van der Waals surface area contributed by atoms with Crippen LogP contribution in [0.25, 0.3) is 0 Å². The van der Waals surface area contributed by atoms with Gasteiger partial charge in [-0.15, -0.1) is 0 Å². The van der Waals surface area contributed by atoms with Gasteiger partial charge in [0, 0.05) is 5.92 Å². The molecule has 0 N–H and O–H groups in total. The fourth-order valence-corrected chi connectivity index (χ4v) is 3.72. The molecule has 7 heteroatoms. The molecule has 4 nitrogen and oxygen atoms in total. The number of fused-ring (bicyclic) bond motifs is 1. The molecule has 5 atom stereocenters. The topological polar surface area (TPSA) is 51.4 Å². The lowest BCUT2D eigenvalue weighted by atomic mass is 9.75. The summed E-state index contributed by atoms with van der Waals surface area (Å²) in [5.41, 5.74) is -1.36. The molecule has 1 saturated carbocycles. The molecule has 0 aromatic heterocycles. The summed E-state index contributed by atoms with van der Waals surface area (Å²) in [6, 6.07) is 0. The van der Waals surface area contributed by atoms with E-state index in [1.165, 1.54) is 0 Å². The highest BCUT2D eigenvalue weighted by Crippen LogP contribution is 2.48. The van der Waals surface area contributed by atoms with Crippen molar-refractivity contribution in [1.82, 2.24) is 0 Å². The van der Waals surface area contributed by atoms with Crippen molar-refractivity contribution >= 4 is 5.97 Å². The van der Waals surface area contributed by atoms with Crippen LogP contribution in [0.1, 0.15) is 52.9 Å². The largest absolute Gasteiger partial charge is 0.490 e. The molecule has 2 heterocycles. The van der Waals surface area contributed by atoms with E-state index in [1.54, 1.807) is 6.92 Å². The number of hydrogen-bond donors (Lipinski definition) is 0. The zero-order valence-electron chi connectivity index (χ0n) is 13.6. The molecule has 0 aromatic carbocycles. The van der Waals surface area contributed by atoms with E-state index >= 15 is 0 Å². The smallest absolute Gasteiger partial charge is 0.452 e. The van der Waals surface area contributed by atoms with E-state index in [4.69, 9.17) is 14.2 Å². The second-order valence-corrected chi connectivity index (χ2v) is 7.67. The van der Waals surface area contributed by atoms with E-state index in [0.717, 1.165) is 12.8 Å². The third-order valence-corrected chi connectivity index (χ3v) is 5.49. The van der Waals surface area contributed by atoms with Crippen molar-refractivity contribution in [2.45, 2.75) is 88.6 Å². The molecule has 2 saturated heterocycles. The van der Waals surface area contributed by atoms with Gasteiger partial charge in [0.05, 0.1) is 23.9 Å². The number of halogens is 3. The van der Waals surface area contributed by atoms with Crippen LogP contribution < -0.4 is 0 Å². The highest BCUT2D eigenvalue weighted by atomic mass is 19.4. The molecule has 5 unspecified atom stereocenters. The molecule has 3 rings (SSSR count). The zero-order chi connectivity index (χ0) is 17.0. The zero-order valence-corrected chi connectivity index (χ0v) is 13.6. The SMILES string of the molecule is CC1(C)OC1CCC(C)(OC(=O)C(F)(F)F)C1CCC2OC2C1. The molecule has 3 aliphatic rings. The maximum absolute atomic E-state index is 12.6. The number of rotatable bonds is 5. The Labute approximate surface area is 133 Å². The Hall–Kier alpha value is -0.820. The normalized spacial score (nSPS) is 37.5. The maximum Gasteiger partial charge on any atom is 0.490 e. The lowest BCUT2D eigenvalue weighted by Gasteiger charge is -2.38. The molecule has 0 spiro atoms. The molecule has 132 valence electrons. The maximum atomic E-state index is 12.6. The Bertz CT molecular complexity index is 490. The third kappa shape index (κ3) is 3.65. The summed E-state index contributed by atoms with van der Waals surface area (Å²) in [6.07, 6.45) is -1.45. The minimum atomic E-state index is -4.97. The summed E-state index contributed by atoms with van der Waals surface area (Å²) < 4.78 is 53.9. The second-order valence-electron chi connectivity index (χ2n) is 7.67. The first-order valence-electron chi connectivity index (χ1n) is 8.15. The van der Waals surface area contributed by atoms with Crippen LogP contribution in [0.4, 0.5) is 13.2 Å². The van der Waals surface area contributed by atoms with Gasteiger partial charge in [-0.3, -0.25) is 0 Å². The highest BCUT2D eigenvalue weighted by molar-refractivity contribution is 5.76. The van der Waals surface area contributed by atoms with Crippen molar-refractivity contribution in [3.63, 3.8) is 0 Å². The predicted octanol–water partition coefficient (Wildman–Crippen LogP) is 3.38. The van der Waals surface area contributed by atoms with Crippen molar-refractivity contribution in [3.05, 3.63) is 0 Å². The van der Waals surface area contributed by atoms with Gasteiger partial charge in [-0.2, -0.15) is 13.2 Å². The van der Waals surface area contributed by atoms with Crippen LogP contribution >= 0.6 is 0 Å². The fraction of sp³-hybridized carbons (Fsp3) is 0.938. The Balaban J connectivity index is 1.67. The molecule has 0 radical (unpaired) electrons. The van der Waals surface area contributed by atoms with Crippen LogP contribution in [0.5, 0.6) is 0 Å². The average Bonchev–Trinajstić information content (AvgIpc) is 3.30. The summed E-state index contributed by atoms with van der Waals surface area (Å²) in [5, 5.41) is 0. The molecule has 0 bridgehead atoms. The number of ether oxygens (including phenoxy) is 3. The first-order chi connectivity index (χ1) is 10.5. The summed E-state index contributed by atoms with van der Waals surface area (Å²) >= 11 is 0. The Kier molecular flexibility index (Phi) is 3.95. The van der Waals surface area contributed by atoms with Gasteiger partial charge in [0.15, 0.2) is 0 Å². The first kappa shape index (κ1) is 17.0. The number of esters is 1. The van der Waals surface area contributed by atoms with Crippen LogP contribution in [0, 0.1) is 5.92 Å². The third-order valence-electron chi connectivity index (χ3n) is 5.49. The van der Waals surface area contributed by atoms with E-state index in [0.29, 0.717) is 19.3 Å². The first-order valence-corrected chi connectivity index (χ1v) is 8.15. The quantitative estimate of drug-likeness (QED) is 0.570. The molecule has 0 amide bonds. The summed E-state index contributed by atoms with van der Waals surface area (Å²) in [6.45, 7) is 5.51. The molecule has 23 heavy (non-hydrogen) atoms. The Morgan fingerprint density at radius 1 is 1.26 bits per heavy atom. The fourth-order valence-electron chi connectivity index (χ4n) is 3.72. The van der Waals surface area contributed by atoms with Crippen molar-refractivity contribution < 1.29 is 32.2 Å². The van der Waals surface area contributed by atoms with E-state index in [-0.39, 0.29) is 29.8 Å². The van der Waals surface area contributed by atoms with Crippen LogP contribution in [-0.2, 0) is 19.0 Å². The van der Waals surface area contributed by atoms with Crippen LogP contribution in [0.3, 0.4) is 0 Å². The second kappa shape index (κ2) is 5.34. The Morgan fingerprint density at radius 3 is 2.43 bits per heavy atom. The molecule has 0 aromatic rings. The van der Waals surface area contributed by atoms with E-state index in [1.807, 2.05) is 13.8 Å². The van der Waals surface area contributed by atoms with Gasteiger partial charge >= 0.3 is 12.1 Å². The monoisotopic (exact) mass is 336 g/mol. The van der Waals surface area contributed by atoms with E-state index < -0.39 is 17.7 Å². The van der Waals surface area contributed by atoms with Gasteiger partial charge < -0.3 is 14.2 Å². The Morgan fingerprint density at radius 2 is 1.91 bits per heavy atom. The molecule has 1 aliphatic carbocycles. The van der Waals surface area contributed by atoms with Crippen molar-refractivity contribution in [1.29, 1.82) is 0 Å². The summed E-state index contributed by atoms with van der Waals surface area (Å²) in [5.74, 6) is -2.21. The van der Waals surface area contributed by atoms with Crippen LogP contribution in [0.2, 0.25) is 0 Å². The number of carbonyl (C=O) groups excluding carboxylic acids is 1. The van der Waals surface area contributed by atoms with E-state index in [9.17, 15) is 18.0 Å². The van der Waals surface area contributed by atoms with Crippen molar-refractivity contribution in [2.75, 3.05) is 0 Å². The lowest BCUT2D eigenvalue weighted by Crippen LogP contribution is -2.45. The molecule has 2 aliphatic heterocycles. The van der Waals surface area contributed by atoms with Crippen molar-refractivity contribution in [3.8, 4) is 0 Å². The average molecular weight is 336 g/mol. The lowest BCUT2D eigenvalue weighted by molar-refractivity contribution is -0.219. The van der Waals surface area contributed by atoms with Gasteiger partial charge in [0.2, 0.25) is 0 Å². The van der Waals surface area contributed by atoms with Gasteiger partial charge in [-0.25, -0.2) is 4.79 Å². The standard InChI is InChI=1S/C16H23F3O4/c1-14(2)12(22-14)6-7-15(3,23-13(20)16(17,18)19)9-4-5-10-11(8-9)21-10/h9-12H,4-8H2,1-3H3. The summed E-state index contributed by atoms with van der Waals surface area (Å²) in [7, 11) is 0. The van der Waals surface area contributed by atoms with Crippen molar-refractivity contribution in [2.24, 2.45) is 5.92 Å². The van der Waals surface area contributed by atoms with Gasteiger partial charge in [0.1, 0.15) is 5.60 Å². The van der Waals surface area contributed by atoms with Gasteiger partial charge in [0.25, 0.3) is 0 Å². The van der Waals surface area contributed by atoms with Crippen LogP contribution in [0.15, 0.2) is 0 Å². The number of hydrogen-bond acceptors (Lipinski definition) is 4. The van der Waals surface area contributed by atoms with Gasteiger partial charge in [-0.1, -0.05) is 0 Å².